The maximum atomic E-state index is 13.1. The second-order valence-electron chi connectivity index (χ2n) is 5.46. The first-order valence-electron chi connectivity index (χ1n) is 8.31. The van der Waals surface area contributed by atoms with Crippen LogP contribution >= 0.6 is 24.0 Å². The number of nitrogens with zero attached hydrogens (tertiary/aromatic N) is 1. The first kappa shape index (κ1) is 22.7. The summed E-state index contributed by atoms with van der Waals surface area (Å²) < 4.78 is 18.3. The maximum absolute atomic E-state index is 13.1. The molecule has 0 aromatic heterocycles. The van der Waals surface area contributed by atoms with Gasteiger partial charge in [0.1, 0.15) is 11.6 Å². The van der Waals surface area contributed by atoms with Crippen molar-refractivity contribution in [1.29, 1.82) is 0 Å². The van der Waals surface area contributed by atoms with Crippen LogP contribution in [0.25, 0.3) is 0 Å². The Hall–Kier alpha value is -2.36. The highest BCUT2D eigenvalue weighted by Crippen LogP contribution is 2.13. The summed E-state index contributed by atoms with van der Waals surface area (Å²) in [4.78, 5) is 16.4. The third-order valence-electron chi connectivity index (χ3n) is 3.42. The first-order chi connectivity index (χ1) is 12.6. The smallest absolute Gasteiger partial charge is 0.243 e. The highest BCUT2D eigenvalue weighted by molar-refractivity contribution is 14.0. The molecule has 0 spiro atoms. The number of halogens is 2. The van der Waals surface area contributed by atoms with E-state index in [-0.39, 0.29) is 36.4 Å². The molecule has 0 atom stereocenters. The first-order valence-corrected chi connectivity index (χ1v) is 8.31. The molecule has 1 amide bonds. The van der Waals surface area contributed by atoms with E-state index < -0.39 is 5.82 Å². The van der Waals surface area contributed by atoms with Gasteiger partial charge in [0.2, 0.25) is 5.91 Å². The van der Waals surface area contributed by atoms with Crippen LogP contribution < -0.4 is 20.7 Å². The lowest BCUT2D eigenvalue weighted by molar-refractivity contribution is -0.115. The van der Waals surface area contributed by atoms with Gasteiger partial charge in [0.05, 0.1) is 20.2 Å². The predicted octanol–water partition coefficient (Wildman–Crippen LogP) is 3.15. The van der Waals surface area contributed by atoms with E-state index in [0.717, 1.165) is 11.3 Å². The minimum atomic E-state index is -0.399. The zero-order valence-corrected chi connectivity index (χ0v) is 17.6. The second kappa shape index (κ2) is 12.1. The van der Waals surface area contributed by atoms with Crippen molar-refractivity contribution >= 4 is 41.5 Å². The van der Waals surface area contributed by atoms with Gasteiger partial charge >= 0.3 is 0 Å². The monoisotopic (exact) mass is 486 g/mol. The summed E-state index contributed by atoms with van der Waals surface area (Å²) in [5, 5.41) is 8.66. The van der Waals surface area contributed by atoms with Gasteiger partial charge in [-0.15, -0.1) is 24.0 Å². The molecular weight excluding hydrogens is 462 g/mol. The molecule has 3 N–H and O–H groups in total. The van der Waals surface area contributed by atoms with E-state index in [9.17, 15) is 9.18 Å². The van der Waals surface area contributed by atoms with E-state index in [1.54, 1.807) is 13.2 Å². The van der Waals surface area contributed by atoms with E-state index >= 15 is 0 Å². The van der Waals surface area contributed by atoms with E-state index in [4.69, 9.17) is 4.74 Å². The average molecular weight is 486 g/mol. The molecule has 0 saturated carbocycles. The maximum Gasteiger partial charge on any atom is 0.243 e. The van der Waals surface area contributed by atoms with Crippen LogP contribution in [0.5, 0.6) is 5.75 Å². The Bertz CT molecular complexity index is 771. The quantitative estimate of drug-likeness (QED) is 0.320. The molecule has 0 aliphatic rings. The molecule has 27 heavy (non-hydrogen) atoms. The molecule has 2 aromatic rings. The summed E-state index contributed by atoms with van der Waals surface area (Å²) in [7, 11) is 1.62. The van der Waals surface area contributed by atoms with Crippen LogP contribution in [0, 0.1) is 5.82 Å². The van der Waals surface area contributed by atoms with Gasteiger partial charge in [-0.3, -0.25) is 4.79 Å². The van der Waals surface area contributed by atoms with Gasteiger partial charge in [0.25, 0.3) is 0 Å². The lowest BCUT2D eigenvalue weighted by Gasteiger charge is -2.12. The SMILES string of the molecule is CCNC(=NCc1cccc(OC)c1)NCC(=O)Nc1cccc(F)c1.I. The zero-order chi connectivity index (χ0) is 18.8. The zero-order valence-electron chi connectivity index (χ0n) is 15.3. The minimum absolute atomic E-state index is 0. The summed E-state index contributed by atoms with van der Waals surface area (Å²) in [6.07, 6.45) is 0. The van der Waals surface area contributed by atoms with Crippen LogP contribution in [0.2, 0.25) is 0 Å². The lowest BCUT2D eigenvalue weighted by Crippen LogP contribution is -2.41. The number of aliphatic imine (C=N–C) groups is 1. The summed E-state index contributed by atoms with van der Waals surface area (Å²) in [5.74, 6) is 0.598. The number of rotatable bonds is 7. The number of guanidine groups is 1. The summed E-state index contributed by atoms with van der Waals surface area (Å²) in [6, 6.07) is 13.4. The van der Waals surface area contributed by atoms with Gasteiger partial charge in [0, 0.05) is 12.2 Å². The third kappa shape index (κ3) is 8.25. The Morgan fingerprint density at radius 1 is 1.15 bits per heavy atom. The molecule has 0 fully saturated rings. The Morgan fingerprint density at radius 3 is 2.63 bits per heavy atom. The van der Waals surface area contributed by atoms with Gasteiger partial charge < -0.3 is 20.7 Å². The average Bonchev–Trinajstić information content (AvgIpc) is 2.64. The molecule has 0 radical (unpaired) electrons. The molecule has 146 valence electrons. The van der Waals surface area contributed by atoms with Crippen molar-refractivity contribution in [3.05, 3.63) is 59.9 Å². The van der Waals surface area contributed by atoms with Crippen LogP contribution in [0.4, 0.5) is 10.1 Å². The van der Waals surface area contributed by atoms with Gasteiger partial charge in [0.15, 0.2) is 5.96 Å². The van der Waals surface area contributed by atoms with Gasteiger partial charge in [-0.25, -0.2) is 9.38 Å². The van der Waals surface area contributed by atoms with Crippen molar-refractivity contribution < 1.29 is 13.9 Å². The number of nitrogens with one attached hydrogen (secondary N) is 3. The van der Waals surface area contributed by atoms with Crippen molar-refractivity contribution in [3.8, 4) is 5.75 Å². The fraction of sp³-hybridized carbons (Fsp3) is 0.263. The van der Waals surface area contributed by atoms with Crippen LogP contribution in [0.3, 0.4) is 0 Å². The van der Waals surface area contributed by atoms with Crippen molar-refractivity contribution in [2.24, 2.45) is 4.99 Å². The van der Waals surface area contributed by atoms with Crippen LogP contribution in [-0.4, -0.2) is 32.1 Å². The molecule has 0 saturated heterocycles. The van der Waals surface area contributed by atoms with Crippen molar-refractivity contribution in [1.82, 2.24) is 10.6 Å². The van der Waals surface area contributed by atoms with Gasteiger partial charge in [-0.05, 0) is 42.8 Å². The Labute approximate surface area is 175 Å². The number of hydrogen-bond donors (Lipinski definition) is 3. The fourth-order valence-electron chi connectivity index (χ4n) is 2.22. The van der Waals surface area contributed by atoms with Crippen LogP contribution in [-0.2, 0) is 11.3 Å². The van der Waals surface area contributed by atoms with Crippen LogP contribution in [0.1, 0.15) is 12.5 Å². The number of hydrogen-bond acceptors (Lipinski definition) is 3. The normalized spacial score (nSPS) is 10.6. The van der Waals surface area contributed by atoms with E-state index in [2.05, 4.69) is 20.9 Å². The number of amides is 1. The number of anilines is 1. The Balaban J connectivity index is 0.00000364. The lowest BCUT2D eigenvalue weighted by atomic mass is 10.2. The van der Waals surface area contributed by atoms with E-state index in [1.807, 2.05) is 31.2 Å². The Morgan fingerprint density at radius 2 is 1.93 bits per heavy atom. The molecule has 0 aliphatic heterocycles. The number of carbonyl (C=O) groups is 1. The number of methoxy groups -OCH3 is 1. The molecule has 0 unspecified atom stereocenters. The second-order valence-corrected chi connectivity index (χ2v) is 5.46. The molecule has 2 rings (SSSR count). The fourth-order valence-corrected chi connectivity index (χ4v) is 2.22. The van der Waals surface area contributed by atoms with Crippen molar-refractivity contribution in [2.45, 2.75) is 13.5 Å². The van der Waals surface area contributed by atoms with Crippen molar-refractivity contribution in [3.63, 3.8) is 0 Å². The highest BCUT2D eigenvalue weighted by Gasteiger charge is 2.05. The standard InChI is InChI=1S/C19H23FN4O2.HI/c1-3-21-19(22-12-14-6-4-9-17(10-14)26-2)23-13-18(25)24-16-8-5-7-15(20)11-16;/h4-11H,3,12-13H2,1-2H3,(H,24,25)(H2,21,22,23);1H. The summed E-state index contributed by atoms with van der Waals surface area (Å²) in [5.41, 5.74) is 1.40. The number of benzene rings is 2. The highest BCUT2D eigenvalue weighted by atomic mass is 127. The molecule has 6 nitrogen and oxygen atoms in total. The van der Waals surface area contributed by atoms with Gasteiger partial charge in [-0.2, -0.15) is 0 Å². The molecule has 8 heteroatoms. The Kier molecular flexibility index (Phi) is 10.2. The van der Waals surface area contributed by atoms with E-state index in [0.29, 0.717) is 24.7 Å². The number of ether oxygens (including phenoxy) is 1. The minimum Gasteiger partial charge on any atom is -0.497 e. The topological polar surface area (TPSA) is 74.8 Å². The van der Waals surface area contributed by atoms with Crippen LogP contribution in [0.15, 0.2) is 53.5 Å². The third-order valence-corrected chi connectivity index (χ3v) is 3.42. The largest absolute Gasteiger partial charge is 0.497 e. The van der Waals surface area contributed by atoms with E-state index in [1.165, 1.54) is 18.2 Å². The summed E-state index contributed by atoms with van der Waals surface area (Å²) >= 11 is 0. The van der Waals surface area contributed by atoms with Crippen molar-refractivity contribution in [2.75, 3.05) is 25.5 Å². The molecule has 0 aliphatic carbocycles. The van der Waals surface area contributed by atoms with Gasteiger partial charge in [-0.1, -0.05) is 18.2 Å². The number of carbonyl (C=O) groups excluding carboxylic acids is 1. The summed E-state index contributed by atoms with van der Waals surface area (Å²) in [6.45, 7) is 3.06. The molecule has 0 bridgehead atoms. The molecule has 0 heterocycles. The predicted molar refractivity (Wildman–Crippen MR) is 116 cm³/mol. The molecule has 2 aromatic carbocycles. The molecular formula is C19H24FIN4O2.